The van der Waals surface area contributed by atoms with Gasteiger partial charge in [0.2, 0.25) is 5.91 Å². The predicted octanol–water partition coefficient (Wildman–Crippen LogP) is 4.32. The zero-order valence-electron chi connectivity index (χ0n) is 17.7. The van der Waals surface area contributed by atoms with Crippen molar-refractivity contribution in [3.63, 3.8) is 0 Å². The summed E-state index contributed by atoms with van der Waals surface area (Å²) in [4.78, 5) is 24.6. The van der Waals surface area contributed by atoms with Gasteiger partial charge in [0.25, 0.3) is 5.91 Å². The molecule has 0 heterocycles. The SMILES string of the molecule is COc1ccc(OC)c(NCC(=O)Nc2ccc(NC(=O)c3cccc(C)c3)cc2)c1. The number of ether oxygens (including phenoxy) is 2. The smallest absolute Gasteiger partial charge is 0.255 e. The highest BCUT2D eigenvalue weighted by Gasteiger charge is 2.09. The van der Waals surface area contributed by atoms with Crippen molar-refractivity contribution in [1.29, 1.82) is 0 Å². The molecular weight excluding hydrogens is 394 g/mol. The number of methoxy groups -OCH3 is 2. The molecule has 2 amide bonds. The van der Waals surface area contributed by atoms with E-state index in [1.807, 2.05) is 25.1 Å². The van der Waals surface area contributed by atoms with Gasteiger partial charge < -0.3 is 25.4 Å². The van der Waals surface area contributed by atoms with E-state index >= 15 is 0 Å². The number of rotatable bonds is 8. The topological polar surface area (TPSA) is 88.7 Å². The van der Waals surface area contributed by atoms with Crippen LogP contribution in [0.2, 0.25) is 0 Å². The lowest BCUT2D eigenvalue weighted by Crippen LogP contribution is -2.22. The molecule has 3 aromatic carbocycles. The van der Waals surface area contributed by atoms with E-state index in [-0.39, 0.29) is 18.4 Å². The molecule has 0 spiro atoms. The zero-order chi connectivity index (χ0) is 22.2. The fourth-order valence-electron chi connectivity index (χ4n) is 2.96. The maximum absolute atomic E-state index is 12.3. The van der Waals surface area contributed by atoms with E-state index in [4.69, 9.17) is 9.47 Å². The van der Waals surface area contributed by atoms with Gasteiger partial charge in [0.1, 0.15) is 11.5 Å². The molecule has 160 valence electrons. The molecule has 31 heavy (non-hydrogen) atoms. The van der Waals surface area contributed by atoms with Crippen LogP contribution in [0, 0.1) is 6.92 Å². The molecule has 0 unspecified atom stereocenters. The molecule has 0 fully saturated rings. The summed E-state index contributed by atoms with van der Waals surface area (Å²) in [5.74, 6) is 0.868. The van der Waals surface area contributed by atoms with Gasteiger partial charge in [-0.3, -0.25) is 9.59 Å². The van der Waals surface area contributed by atoms with Gasteiger partial charge in [-0.15, -0.1) is 0 Å². The second-order valence-corrected chi connectivity index (χ2v) is 6.87. The van der Waals surface area contributed by atoms with Gasteiger partial charge >= 0.3 is 0 Å². The number of carbonyl (C=O) groups excluding carboxylic acids is 2. The quantitative estimate of drug-likeness (QED) is 0.506. The van der Waals surface area contributed by atoms with Crippen molar-refractivity contribution < 1.29 is 19.1 Å². The average Bonchev–Trinajstić information content (AvgIpc) is 2.78. The molecule has 0 bridgehead atoms. The average molecular weight is 419 g/mol. The lowest BCUT2D eigenvalue weighted by Gasteiger charge is -2.13. The first-order chi connectivity index (χ1) is 15.0. The molecule has 0 aliphatic carbocycles. The minimum Gasteiger partial charge on any atom is -0.497 e. The predicted molar refractivity (Wildman–Crippen MR) is 122 cm³/mol. The maximum Gasteiger partial charge on any atom is 0.255 e. The van der Waals surface area contributed by atoms with Crippen molar-refractivity contribution in [2.24, 2.45) is 0 Å². The van der Waals surface area contributed by atoms with Gasteiger partial charge in [-0.2, -0.15) is 0 Å². The van der Waals surface area contributed by atoms with Gasteiger partial charge in [-0.25, -0.2) is 0 Å². The number of hydrogen-bond donors (Lipinski definition) is 3. The molecule has 0 aliphatic heterocycles. The van der Waals surface area contributed by atoms with Crippen LogP contribution in [0.15, 0.2) is 66.7 Å². The van der Waals surface area contributed by atoms with Crippen molar-refractivity contribution in [2.75, 3.05) is 36.7 Å². The molecule has 7 heteroatoms. The second kappa shape index (κ2) is 10.2. The number of nitrogens with one attached hydrogen (secondary N) is 3. The molecule has 0 aromatic heterocycles. The van der Waals surface area contributed by atoms with Crippen molar-refractivity contribution in [3.8, 4) is 11.5 Å². The molecule has 3 rings (SSSR count). The fraction of sp³-hybridized carbons (Fsp3) is 0.167. The molecule has 0 saturated carbocycles. The Kier molecular flexibility index (Phi) is 7.11. The number of hydrogen-bond acceptors (Lipinski definition) is 5. The highest BCUT2D eigenvalue weighted by molar-refractivity contribution is 6.04. The van der Waals surface area contributed by atoms with Crippen LogP contribution in [0.25, 0.3) is 0 Å². The van der Waals surface area contributed by atoms with E-state index in [9.17, 15) is 9.59 Å². The van der Waals surface area contributed by atoms with Gasteiger partial charge in [-0.05, 0) is 55.5 Å². The van der Waals surface area contributed by atoms with Crippen LogP contribution < -0.4 is 25.4 Å². The summed E-state index contributed by atoms with van der Waals surface area (Å²) in [5.41, 5.74) is 3.54. The summed E-state index contributed by atoms with van der Waals surface area (Å²) in [6.45, 7) is 1.99. The Morgan fingerprint density at radius 1 is 0.839 bits per heavy atom. The van der Waals surface area contributed by atoms with Crippen LogP contribution in [0.4, 0.5) is 17.1 Å². The van der Waals surface area contributed by atoms with Gasteiger partial charge in [-0.1, -0.05) is 17.7 Å². The molecule has 0 atom stereocenters. The third-order valence-electron chi connectivity index (χ3n) is 4.55. The molecular formula is C24H25N3O4. The number of aryl methyl sites for hydroxylation is 1. The first kappa shape index (κ1) is 21.7. The van der Waals surface area contributed by atoms with Gasteiger partial charge in [0.05, 0.1) is 26.5 Å². The van der Waals surface area contributed by atoms with E-state index in [0.717, 1.165) is 5.56 Å². The van der Waals surface area contributed by atoms with Crippen LogP contribution in [0.5, 0.6) is 11.5 Å². The number of anilines is 3. The highest BCUT2D eigenvalue weighted by atomic mass is 16.5. The molecule has 7 nitrogen and oxygen atoms in total. The molecule has 0 aliphatic rings. The Labute approximate surface area is 181 Å². The first-order valence-corrected chi connectivity index (χ1v) is 9.72. The summed E-state index contributed by atoms with van der Waals surface area (Å²) in [6.07, 6.45) is 0. The van der Waals surface area contributed by atoms with E-state index in [1.54, 1.807) is 62.8 Å². The lowest BCUT2D eigenvalue weighted by atomic mass is 10.1. The summed E-state index contributed by atoms with van der Waals surface area (Å²) < 4.78 is 10.5. The summed E-state index contributed by atoms with van der Waals surface area (Å²) in [7, 11) is 3.14. The summed E-state index contributed by atoms with van der Waals surface area (Å²) >= 11 is 0. The minimum atomic E-state index is -0.221. The normalized spacial score (nSPS) is 10.2. The van der Waals surface area contributed by atoms with Crippen molar-refractivity contribution >= 4 is 28.9 Å². The van der Waals surface area contributed by atoms with Gasteiger partial charge in [0, 0.05) is 23.0 Å². The Bertz CT molecular complexity index is 1060. The minimum absolute atomic E-state index is 0.0510. The second-order valence-electron chi connectivity index (χ2n) is 6.87. The van der Waals surface area contributed by atoms with Crippen molar-refractivity contribution in [1.82, 2.24) is 0 Å². The standard InChI is InChI=1S/C24H25N3O4/c1-16-5-4-6-17(13-16)24(29)27-19-9-7-18(8-10-19)26-23(28)15-25-21-14-20(30-2)11-12-22(21)31-3/h4-14,25H,15H2,1-3H3,(H,26,28)(H,27,29). The Hall–Kier alpha value is -4.00. The Morgan fingerprint density at radius 3 is 2.19 bits per heavy atom. The monoisotopic (exact) mass is 419 g/mol. The zero-order valence-corrected chi connectivity index (χ0v) is 17.7. The van der Waals surface area contributed by atoms with E-state index in [1.165, 1.54) is 0 Å². The Balaban J connectivity index is 1.55. The Morgan fingerprint density at radius 2 is 1.55 bits per heavy atom. The summed E-state index contributed by atoms with van der Waals surface area (Å²) in [6, 6.07) is 19.6. The fourth-order valence-corrected chi connectivity index (χ4v) is 2.96. The molecule has 3 N–H and O–H groups in total. The maximum atomic E-state index is 12.3. The highest BCUT2D eigenvalue weighted by Crippen LogP contribution is 2.28. The number of benzene rings is 3. The largest absolute Gasteiger partial charge is 0.497 e. The van der Waals surface area contributed by atoms with E-state index < -0.39 is 0 Å². The molecule has 0 radical (unpaired) electrons. The van der Waals surface area contributed by atoms with E-state index in [0.29, 0.717) is 34.1 Å². The van der Waals surface area contributed by atoms with Crippen LogP contribution in [-0.2, 0) is 4.79 Å². The molecule has 0 saturated heterocycles. The third-order valence-corrected chi connectivity index (χ3v) is 4.55. The number of amides is 2. The summed E-state index contributed by atoms with van der Waals surface area (Å²) in [5, 5.41) is 8.70. The first-order valence-electron chi connectivity index (χ1n) is 9.72. The van der Waals surface area contributed by atoms with Gasteiger partial charge in [0.15, 0.2) is 0 Å². The van der Waals surface area contributed by atoms with Crippen LogP contribution >= 0.6 is 0 Å². The van der Waals surface area contributed by atoms with Crippen LogP contribution in [0.3, 0.4) is 0 Å². The van der Waals surface area contributed by atoms with Crippen molar-refractivity contribution in [3.05, 3.63) is 77.9 Å². The lowest BCUT2D eigenvalue weighted by molar-refractivity contribution is -0.114. The molecule has 3 aromatic rings. The van der Waals surface area contributed by atoms with Crippen LogP contribution in [0.1, 0.15) is 15.9 Å². The van der Waals surface area contributed by atoms with Crippen molar-refractivity contribution in [2.45, 2.75) is 6.92 Å². The number of carbonyl (C=O) groups is 2. The van der Waals surface area contributed by atoms with E-state index in [2.05, 4.69) is 16.0 Å². The van der Waals surface area contributed by atoms with Crippen LogP contribution in [-0.4, -0.2) is 32.6 Å². The third kappa shape index (κ3) is 5.99.